The van der Waals surface area contributed by atoms with Gasteiger partial charge < -0.3 is 0 Å². The van der Waals surface area contributed by atoms with Gasteiger partial charge in [-0.2, -0.15) is 4.52 Å². The van der Waals surface area contributed by atoms with Crippen LogP contribution in [0.4, 0.5) is 0 Å². The molecule has 0 bridgehead atoms. The van der Waals surface area contributed by atoms with E-state index in [1.165, 1.54) is 0 Å². The molecule has 0 saturated carbocycles. The molecule has 8 N–H and O–H groups in total. The zero-order valence-electron chi connectivity index (χ0n) is 9.31. The number of nitrogens with one attached hydrogen (secondary N) is 2. The molecule has 0 saturated heterocycles. The minimum Gasteiger partial charge on any atom is -0.274 e. The summed E-state index contributed by atoms with van der Waals surface area (Å²) in [6, 6.07) is 0. The summed E-state index contributed by atoms with van der Waals surface area (Å²) in [6.07, 6.45) is 1.95. The third kappa shape index (κ3) is 8.48. The van der Waals surface area contributed by atoms with Gasteiger partial charge in [-0.1, -0.05) is 13.8 Å². The van der Waals surface area contributed by atoms with Crippen molar-refractivity contribution in [2.75, 3.05) is 13.1 Å². The molecule has 0 aromatic rings. The van der Waals surface area contributed by atoms with Gasteiger partial charge in [-0.05, 0) is 24.6 Å². The van der Waals surface area contributed by atoms with Crippen molar-refractivity contribution in [1.29, 1.82) is 0 Å². The Morgan fingerprint density at radius 3 is 1.73 bits per heavy atom. The highest BCUT2D eigenvalue weighted by Gasteiger charge is 2.14. The van der Waals surface area contributed by atoms with Crippen LogP contribution in [0, 0.1) is 0 Å². The molecular weight excluding hydrogens is 250 g/mol. The normalized spacial score (nSPS) is 12.9. The maximum atomic E-state index is 6.08. The van der Waals surface area contributed by atoms with Crippen molar-refractivity contribution < 1.29 is 0 Å². The Bertz CT molecular complexity index is 263. The van der Waals surface area contributed by atoms with Crippen molar-refractivity contribution in [3.63, 3.8) is 0 Å². The Morgan fingerprint density at radius 1 is 1.07 bits per heavy atom. The minimum atomic E-state index is -2.61. The molecule has 0 rings (SSSR count). The van der Waals surface area contributed by atoms with Crippen LogP contribution in [-0.2, 0) is 11.8 Å². The van der Waals surface area contributed by atoms with Crippen molar-refractivity contribution in [3.05, 3.63) is 0 Å². The molecule has 0 spiro atoms. The molecule has 0 heterocycles. The first-order chi connectivity index (χ1) is 6.83. The Balaban J connectivity index is 4.68. The van der Waals surface area contributed by atoms with Gasteiger partial charge in [0.2, 0.25) is 0 Å². The fraction of sp³-hybridized carbons (Fsp3) is 1.00. The van der Waals surface area contributed by atoms with Crippen LogP contribution in [0.2, 0.25) is 0 Å². The van der Waals surface area contributed by atoms with Crippen molar-refractivity contribution in [2.45, 2.75) is 26.7 Å². The molecule has 0 fully saturated rings. The second kappa shape index (κ2) is 7.09. The van der Waals surface area contributed by atoms with E-state index in [2.05, 4.69) is 28.5 Å². The SMILES string of the molecule is CCCNP(N)(=NP(N)(N)=S)NCCC. The largest absolute Gasteiger partial charge is 0.274 e. The van der Waals surface area contributed by atoms with E-state index in [1.807, 2.05) is 0 Å². The van der Waals surface area contributed by atoms with E-state index in [0.717, 1.165) is 25.9 Å². The van der Waals surface area contributed by atoms with Crippen molar-refractivity contribution in [2.24, 2.45) is 21.0 Å². The molecule has 0 atom stereocenters. The maximum Gasteiger partial charge on any atom is 0.180 e. The van der Waals surface area contributed by atoms with E-state index in [4.69, 9.17) is 28.3 Å². The molecule has 6 nitrogen and oxygen atoms in total. The van der Waals surface area contributed by atoms with E-state index in [9.17, 15) is 0 Å². The summed E-state index contributed by atoms with van der Waals surface area (Å²) >= 11 is 4.90. The summed E-state index contributed by atoms with van der Waals surface area (Å²) in [5.74, 6) is 0. The molecule has 0 aliphatic carbocycles. The van der Waals surface area contributed by atoms with Crippen molar-refractivity contribution in [3.8, 4) is 0 Å². The zero-order valence-corrected chi connectivity index (χ0v) is 11.9. The predicted octanol–water partition coefficient (Wildman–Crippen LogP) is 1.03. The van der Waals surface area contributed by atoms with Gasteiger partial charge in [0.05, 0.1) is 0 Å². The second-order valence-electron chi connectivity index (χ2n) is 3.26. The molecule has 0 unspecified atom stereocenters. The third-order valence-electron chi connectivity index (χ3n) is 1.49. The predicted molar refractivity (Wildman–Crippen MR) is 72.8 cm³/mol. The van der Waals surface area contributed by atoms with Gasteiger partial charge in [-0.3, -0.25) is 26.7 Å². The lowest BCUT2D eigenvalue weighted by atomic mass is 10.5. The summed E-state index contributed by atoms with van der Waals surface area (Å²) in [7, 11) is -2.30. The average Bonchev–Trinajstić information content (AvgIpc) is 2.09. The lowest BCUT2D eigenvalue weighted by Gasteiger charge is -2.23. The highest BCUT2D eigenvalue weighted by atomic mass is 32.4. The van der Waals surface area contributed by atoms with Gasteiger partial charge in [0.1, 0.15) is 0 Å². The number of hydrogen-bond donors (Lipinski definition) is 5. The zero-order chi connectivity index (χ0) is 11.9. The Morgan fingerprint density at radius 2 is 1.47 bits per heavy atom. The number of nitrogens with two attached hydrogens (primary N) is 3. The van der Waals surface area contributed by atoms with Crippen LogP contribution >= 0.6 is 14.0 Å². The van der Waals surface area contributed by atoms with E-state index < -0.39 is 14.0 Å². The van der Waals surface area contributed by atoms with E-state index in [0.29, 0.717) is 0 Å². The molecule has 0 aromatic carbocycles. The molecule has 92 valence electrons. The number of nitrogens with zero attached hydrogens (tertiary/aromatic N) is 1. The second-order valence-corrected chi connectivity index (χ2v) is 9.08. The Kier molecular flexibility index (Phi) is 7.41. The van der Waals surface area contributed by atoms with E-state index in [-0.39, 0.29) is 0 Å². The first-order valence-electron chi connectivity index (χ1n) is 4.93. The minimum absolute atomic E-state index is 0.778. The topological polar surface area (TPSA) is 114 Å². The standard InChI is InChI=1S/C6H22N6P2S/c1-3-5-10-14(9,11-6-4-2)12-13(7,8)15/h10-11H,3-6,9H2,1-2H3,(H4,7,8,15). The summed E-state index contributed by atoms with van der Waals surface area (Å²) in [6.45, 7) is 3.05. The highest BCUT2D eigenvalue weighted by molar-refractivity contribution is 8.12. The molecule has 15 heavy (non-hydrogen) atoms. The Labute approximate surface area is 97.1 Å². The van der Waals surface area contributed by atoms with Crippen LogP contribution in [0.25, 0.3) is 0 Å². The lowest BCUT2D eigenvalue weighted by Crippen LogP contribution is -2.29. The quantitative estimate of drug-likeness (QED) is 0.442. The first kappa shape index (κ1) is 15.7. The van der Waals surface area contributed by atoms with Crippen LogP contribution in [0.15, 0.2) is 4.52 Å². The van der Waals surface area contributed by atoms with Crippen LogP contribution in [0.3, 0.4) is 0 Å². The average molecular weight is 272 g/mol. The van der Waals surface area contributed by atoms with Crippen LogP contribution < -0.4 is 26.7 Å². The molecule has 0 aliphatic rings. The van der Waals surface area contributed by atoms with Gasteiger partial charge in [0.15, 0.2) is 14.0 Å². The highest BCUT2D eigenvalue weighted by Crippen LogP contribution is 2.43. The smallest absolute Gasteiger partial charge is 0.180 e. The first-order valence-corrected chi connectivity index (χ1v) is 9.63. The van der Waals surface area contributed by atoms with E-state index >= 15 is 0 Å². The lowest BCUT2D eigenvalue weighted by molar-refractivity contribution is 0.812. The summed E-state index contributed by atoms with van der Waals surface area (Å²) in [5, 5.41) is 6.30. The maximum absolute atomic E-state index is 6.08. The Hall–Kier alpha value is 0.680. The van der Waals surface area contributed by atoms with Crippen molar-refractivity contribution >= 4 is 25.8 Å². The molecule has 0 radical (unpaired) electrons. The fourth-order valence-electron chi connectivity index (χ4n) is 0.904. The summed E-state index contributed by atoms with van der Waals surface area (Å²) in [5.41, 5.74) is 17.2. The molecule has 0 aliphatic heterocycles. The molecular formula is C6H22N6P2S. The third-order valence-corrected chi connectivity index (χ3v) is 5.80. The summed E-state index contributed by atoms with van der Waals surface area (Å²) in [4.78, 5) is 0. The molecule has 0 amide bonds. The van der Waals surface area contributed by atoms with Crippen molar-refractivity contribution in [1.82, 2.24) is 10.2 Å². The van der Waals surface area contributed by atoms with Gasteiger partial charge in [-0.15, -0.1) is 0 Å². The van der Waals surface area contributed by atoms with Crippen LogP contribution in [-0.4, -0.2) is 13.1 Å². The fourth-order valence-corrected chi connectivity index (χ4v) is 5.45. The molecule has 0 aromatic heterocycles. The molecule has 9 heteroatoms. The van der Waals surface area contributed by atoms with Gasteiger partial charge in [0, 0.05) is 13.1 Å². The number of hydrogen-bond acceptors (Lipinski definition) is 1. The van der Waals surface area contributed by atoms with Gasteiger partial charge in [-0.25, -0.2) is 0 Å². The van der Waals surface area contributed by atoms with Gasteiger partial charge >= 0.3 is 0 Å². The summed E-state index contributed by atoms with van der Waals surface area (Å²) < 4.78 is 4.16. The number of rotatable bonds is 7. The monoisotopic (exact) mass is 272 g/mol. The van der Waals surface area contributed by atoms with Gasteiger partial charge in [0.25, 0.3) is 0 Å². The van der Waals surface area contributed by atoms with Crippen LogP contribution in [0.5, 0.6) is 0 Å². The van der Waals surface area contributed by atoms with Crippen LogP contribution in [0.1, 0.15) is 26.7 Å². The van der Waals surface area contributed by atoms with E-state index in [1.54, 1.807) is 0 Å².